The van der Waals surface area contributed by atoms with E-state index in [9.17, 15) is 0 Å². The number of ether oxygens (including phenoxy) is 1. The highest BCUT2D eigenvalue weighted by Gasteiger charge is 2.33. The summed E-state index contributed by atoms with van der Waals surface area (Å²) in [5.74, 6) is 0.693. The monoisotopic (exact) mass is 214 g/mol. The zero-order chi connectivity index (χ0) is 11.5. The molecule has 0 spiro atoms. The summed E-state index contributed by atoms with van der Waals surface area (Å²) in [6.45, 7) is 12.6. The Morgan fingerprint density at radius 2 is 2.00 bits per heavy atom. The average Bonchev–Trinajstić information content (AvgIpc) is 2.50. The first-order valence-electron chi connectivity index (χ1n) is 6.03. The van der Waals surface area contributed by atoms with Crippen LogP contribution in [0, 0.1) is 5.92 Å². The summed E-state index contributed by atoms with van der Waals surface area (Å²) in [7, 11) is 0. The maximum Gasteiger partial charge on any atom is 0.0659 e. The van der Waals surface area contributed by atoms with Gasteiger partial charge in [0.2, 0.25) is 0 Å². The van der Waals surface area contributed by atoms with Gasteiger partial charge < -0.3 is 10.5 Å². The largest absolute Gasteiger partial charge is 0.379 e. The number of hydrogen-bond acceptors (Lipinski definition) is 3. The van der Waals surface area contributed by atoms with E-state index < -0.39 is 0 Å². The third-order valence-electron chi connectivity index (χ3n) is 2.98. The minimum atomic E-state index is -0.112. The van der Waals surface area contributed by atoms with Crippen LogP contribution in [0.3, 0.4) is 0 Å². The molecule has 3 nitrogen and oxygen atoms in total. The fraction of sp³-hybridized carbons (Fsp3) is 1.00. The summed E-state index contributed by atoms with van der Waals surface area (Å²) in [5, 5.41) is 0. The van der Waals surface area contributed by atoms with Gasteiger partial charge in [0.25, 0.3) is 0 Å². The second-order valence-electron chi connectivity index (χ2n) is 5.58. The van der Waals surface area contributed by atoms with Crippen molar-refractivity contribution in [2.75, 3.05) is 26.3 Å². The van der Waals surface area contributed by atoms with Crippen LogP contribution in [0.15, 0.2) is 0 Å². The number of nitrogens with two attached hydrogens (primary N) is 1. The van der Waals surface area contributed by atoms with Crippen LogP contribution in [0.5, 0.6) is 0 Å². The molecule has 0 radical (unpaired) electrons. The van der Waals surface area contributed by atoms with Crippen LogP contribution in [0.2, 0.25) is 0 Å². The quantitative estimate of drug-likeness (QED) is 0.753. The average molecular weight is 214 g/mol. The standard InChI is InChI=1S/C12H26N2O/c1-10(2)7-14(11(3)4)8-12(13)5-6-15-9-12/h10-11H,5-9,13H2,1-4H3. The van der Waals surface area contributed by atoms with Crippen LogP contribution in [0.4, 0.5) is 0 Å². The fourth-order valence-corrected chi connectivity index (χ4v) is 2.08. The number of nitrogens with zero attached hydrogens (tertiary/aromatic N) is 1. The Morgan fingerprint density at radius 3 is 2.40 bits per heavy atom. The second-order valence-corrected chi connectivity index (χ2v) is 5.58. The summed E-state index contributed by atoms with van der Waals surface area (Å²) in [6, 6.07) is 0.563. The van der Waals surface area contributed by atoms with E-state index in [4.69, 9.17) is 10.5 Å². The highest BCUT2D eigenvalue weighted by atomic mass is 16.5. The molecule has 0 aliphatic carbocycles. The fourth-order valence-electron chi connectivity index (χ4n) is 2.08. The molecule has 1 aliphatic heterocycles. The first kappa shape index (κ1) is 12.9. The molecule has 1 atom stereocenters. The van der Waals surface area contributed by atoms with Crippen LogP contribution in [0.1, 0.15) is 34.1 Å². The van der Waals surface area contributed by atoms with Gasteiger partial charge in [-0.25, -0.2) is 0 Å². The van der Waals surface area contributed by atoms with Crippen molar-refractivity contribution in [3.8, 4) is 0 Å². The van der Waals surface area contributed by atoms with E-state index in [1.807, 2.05) is 0 Å². The van der Waals surface area contributed by atoms with Crippen LogP contribution in [-0.2, 0) is 4.74 Å². The Kier molecular flexibility index (Phi) is 4.56. The molecule has 2 N–H and O–H groups in total. The Labute approximate surface area is 94.0 Å². The summed E-state index contributed by atoms with van der Waals surface area (Å²) in [5.41, 5.74) is 6.19. The van der Waals surface area contributed by atoms with Gasteiger partial charge in [-0.2, -0.15) is 0 Å². The maximum atomic E-state index is 6.31. The first-order chi connectivity index (χ1) is 6.93. The van der Waals surface area contributed by atoms with Crippen molar-refractivity contribution >= 4 is 0 Å². The molecule has 0 aromatic carbocycles. The molecule has 1 aliphatic rings. The second kappa shape index (κ2) is 5.28. The van der Waals surface area contributed by atoms with Crippen molar-refractivity contribution in [1.82, 2.24) is 4.90 Å². The highest BCUT2D eigenvalue weighted by Crippen LogP contribution is 2.18. The van der Waals surface area contributed by atoms with E-state index >= 15 is 0 Å². The van der Waals surface area contributed by atoms with Crippen LogP contribution in [0.25, 0.3) is 0 Å². The van der Waals surface area contributed by atoms with Gasteiger partial charge in [-0.05, 0) is 26.2 Å². The van der Waals surface area contributed by atoms with Gasteiger partial charge in [0, 0.05) is 25.7 Å². The van der Waals surface area contributed by atoms with Crippen molar-refractivity contribution in [2.24, 2.45) is 11.7 Å². The SMILES string of the molecule is CC(C)CN(CC1(N)CCOC1)C(C)C. The van der Waals surface area contributed by atoms with E-state index in [-0.39, 0.29) is 5.54 Å². The molecule has 1 unspecified atom stereocenters. The molecule has 1 fully saturated rings. The molecule has 1 rings (SSSR count). The van der Waals surface area contributed by atoms with Crippen LogP contribution >= 0.6 is 0 Å². The smallest absolute Gasteiger partial charge is 0.0659 e. The molecule has 1 saturated heterocycles. The third-order valence-corrected chi connectivity index (χ3v) is 2.98. The van der Waals surface area contributed by atoms with Gasteiger partial charge in [-0.3, -0.25) is 4.90 Å². The van der Waals surface area contributed by atoms with Gasteiger partial charge in [-0.15, -0.1) is 0 Å². The Hall–Kier alpha value is -0.120. The molecule has 90 valence electrons. The van der Waals surface area contributed by atoms with Crippen molar-refractivity contribution < 1.29 is 4.74 Å². The van der Waals surface area contributed by atoms with Gasteiger partial charge >= 0.3 is 0 Å². The molecule has 0 aromatic rings. The topological polar surface area (TPSA) is 38.5 Å². The summed E-state index contributed by atoms with van der Waals surface area (Å²) in [6.07, 6.45) is 0.994. The van der Waals surface area contributed by atoms with Gasteiger partial charge in [0.05, 0.1) is 12.1 Å². The maximum absolute atomic E-state index is 6.31. The third kappa shape index (κ3) is 4.09. The zero-order valence-corrected chi connectivity index (χ0v) is 10.6. The van der Waals surface area contributed by atoms with Gasteiger partial charge in [0.15, 0.2) is 0 Å². The minimum Gasteiger partial charge on any atom is -0.379 e. The van der Waals surface area contributed by atoms with Crippen LogP contribution < -0.4 is 5.73 Å². The molecule has 0 amide bonds. The summed E-state index contributed by atoms with van der Waals surface area (Å²) < 4.78 is 5.39. The van der Waals surface area contributed by atoms with Crippen molar-refractivity contribution in [2.45, 2.75) is 45.7 Å². The van der Waals surface area contributed by atoms with E-state index in [1.165, 1.54) is 0 Å². The van der Waals surface area contributed by atoms with E-state index in [0.29, 0.717) is 18.6 Å². The van der Waals surface area contributed by atoms with E-state index in [0.717, 1.165) is 26.1 Å². The Morgan fingerprint density at radius 1 is 1.33 bits per heavy atom. The number of hydrogen-bond donors (Lipinski definition) is 1. The summed E-state index contributed by atoms with van der Waals surface area (Å²) >= 11 is 0. The molecule has 1 heterocycles. The zero-order valence-electron chi connectivity index (χ0n) is 10.6. The lowest BCUT2D eigenvalue weighted by Gasteiger charge is -2.35. The molecule has 0 saturated carbocycles. The minimum absolute atomic E-state index is 0.112. The molecular formula is C12H26N2O. The first-order valence-corrected chi connectivity index (χ1v) is 6.03. The lowest BCUT2D eigenvalue weighted by Crippen LogP contribution is -2.53. The Balaban J connectivity index is 2.49. The van der Waals surface area contributed by atoms with E-state index in [1.54, 1.807) is 0 Å². The lowest BCUT2D eigenvalue weighted by molar-refractivity contribution is 0.128. The van der Waals surface area contributed by atoms with Crippen molar-refractivity contribution in [3.63, 3.8) is 0 Å². The molecule has 0 bridgehead atoms. The predicted octanol–water partition coefficient (Wildman–Crippen LogP) is 1.47. The molecule has 3 heteroatoms. The lowest BCUT2D eigenvalue weighted by atomic mass is 9.98. The van der Waals surface area contributed by atoms with Crippen molar-refractivity contribution in [3.05, 3.63) is 0 Å². The van der Waals surface area contributed by atoms with Gasteiger partial charge in [-0.1, -0.05) is 13.8 Å². The molecule has 0 aromatic heterocycles. The highest BCUT2D eigenvalue weighted by molar-refractivity contribution is 4.91. The summed E-state index contributed by atoms with van der Waals surface area (Å²) in [4.78, 5) is 2.47. The van der Waals surface area contributed by atoms with E-state index in [2.05, 4.69) is 32.6 Å². The normalized spacial score (nSPS) is 27.2. The van der Waals surface area contributed by atoms with Gasteiger partial charge in [0.1, 0.15) is 0 Å². The molecular weight excluding hydrogens is 188 g/mol. The predicted molar refractivity (Wildman–Crippen MR) is 63.9 cm³/mol. The Bertz CT molecular complexity index is 186. The van der Waals surface area contributed by atoms with Crippen LogP contribution in [-0.4, -0.2) is 42.8 Å². The molecule has 15 heavy (non-hydrogen) atoms. The number of rotatable bonds is 5. The van der Waals surface area contributed by atoms with Crippen molar-refractivity contribution in [1.29, 1.82) is 0 Å².